The summed E-state index contributed by atoms with van der Waals surface area (Å²) in [7, 11) is 0. The molecule has 678 valence electrons. The number of rotatable bonds is 12. The predicted octanol–water partition coefficient (Wildman–Crippen LogP) is 35.2. The standard InChI is InChI=1S/C50H32N4S.C26H16BrN3.C24H16BrN.C24H17NS.C4H8O/c1-3-13-33(14-4-1)34-23-25-36(26-24-34)53-45-21-11-8-17-39(45)41-29-27-37(31-47(41)53)55-38-28-30-42-40-18-9-12-22-46(40)54(48(42)32-38)50-51-44-20-10-7-19-43(44)49(52-50)35-15-5-2-6-16-35;27-18-14-15-20-19-10-5-7-13-23(19)30(24(20)16-18)26-28-22-12-6-4-11-21(22)25(29-26)17-8-2-1-3-9-17;25-19-12-15-22-21-8-4-5-9-23(21)26(24(22)16-19)20-13-10-18(11-14-20)17-6-2-1-3-7-17;26-20-14-15-22-21-8-4-5-9-23(21)25(24(22)16-20)19-12-10-18(11-13-19)17-6-2-1-3-7-17;1-2-4-5-3-1/h1-32H;1-16H;1-16H;1-16,26H;1-4H2. The van der Waals surface area contributed by atoms with Crippen LogP contribution in [0, 0.1) is 0 Å². The highest BCUT2D eigenvalue weighted by Gasteiger charge is 2.24. The van der Waals surface area contributed by atoms with Crippen molar-refractivity contribution >= 4 is 187 Å². The van der Waals surface area contributed by atoms with Crippen LogP contribution in [0.3, 0.4) is 0 Å². The summed E-state index contributed by atoms with van der Waals surface area (Å²) in [5, 5.41) is 14.4. The zero-order valence-electron chi connectivity index (χ0n) is 77.1. The Bertz CT molecular complexity index is 9170. The van der Waals surface area contributed by atoms with Gasteiger partial charge in [-0.25, -0.2) is 19.9 Å². The first-order valence-electron chi connectivity index (χ1n) is 47.7. The van der Waals surface area contributed by atoms with E-state index in [1.807, 2.05) is 54.6 Å². The largest absolute Gasteiger partial charge is 0.381 e. The number of aromatic nitrogens is 9. The maximum atomic E-state index is 5.29. The van der Waals surface area contributed by atoms with Crippen LogP contribution in [0.15, 0.2) is 509 Å². The average Bonchev–Trinajstić information content (AvgIpc) is 1.56. The second kappa shape index (κ2) is 39.2. The fourth-order valence-corrected chi connectivity index (χ4v) is 21.8. The van der Waals surface area contributed by atoms with E-state index < -0.39 is 0 Å². The van der Waals surface area contributed by atoms with Gasteiger partial charge in [0, 0.05) is 130 Å². The fraction of sp³-hybridized carbons (Fsp3) is 0.0312. The molecule has 27 aromatic rings. The number of ether oxygens (including phenoxy) is 1. The molecule has 0 N–H and O–H groups in total. The van der Waals surface area contributed by atoms with Gasteiger partial charge in [0.25, 0.3) is 0 Å². The first-order valence-corrected chi connectivity index (χ1v) is 50.6. The van der Waals surface area contributed by atoms with Gasteiger partial charge in [0.1, 0.15) is 0 Å². The second-order valence-corrected chi connectivity index (χ2v) is 38.8. The summed E-state index contributed by atoms with van der Waals surface area (Å²) in [5.41, 5.74) is 28.3. The molecule has 0 atom stereocenters. The molecule has 1 fully saturated rings. The molecule has 0 aliphatic carbocycles. The minimum atomic E-state index is 0.662. The molecule has 1 aliphatic rings. The highest BCUT2D eigenvalue weighted by Crippen LogP contribution is 2.44. The molecule has 20 aromatic carbocycles. The van der Waals surface area contributed by atoms with Crippen molar-refractivity contribution in [2.45, 2.75) is 27.5 Å². The number of fused-ring (bicyclic) bond motifs is 17. The van der Waals surface area contributed by atoms with Crippen LogP contribution in [0.5, 0.6) is 0 Å². The second-order valence-electron chi connectivity index (χ2n) is 35.3. The van der Waals surface area contributed by atoms with E-state index in [9.17, 15) is 0 Å². The van der Waals surface area contributed by atoms with Gasteiger partial charge < -0.3 is 18.4 Å². The van der Waals surface area contributed by atoms with Gasteiger partial charge in [-0.05, 0) is 186 Å². The molecule has 0 bridgehead atoms. The lowest BCUT2D eigenvalue weighted by molar-refractivity contribution is 0.198. The molecule has 142 heavy (non-hydrogen) atoms. The Morgan fingerprint density at radius 1 is 0.211 bits per heavy atom. The quantitative estimate of drug-likeness (QED) is 0.123. The normalized spacial score (nSPS) is 11.9. The van der Waals surface area contributed by atoms with E-state index in [1.54, 1.807) is 11.8 Å². The summed E-state index contributed by atoms with van der Waals surface area (Å²) in [6.07, 6.45) is 2.56. The van der Waals surface area contributed by atoms with Gasteiger partial charge in [-0.3, -0.25) is 9.13 Å². The summed E-state index contributed by atoms with van der Waals surface area (Å²) < 4.78 is 18.5. The van der Waals surface area contributed by atoms with Crippen molar-refractivity contribution in [3.05, 3.63) is 494 Å². The molecule has 0 saturated carbocycles. The topological polar surface area (TPSA) is 85.4 Å². The van der Waals surface area contributed by atoms with Crippen molar-refractivity contribution in [3.63, 3.8) is 0 Å². The van der Waals surface area contributed by atoms with E-state index in [-0.39, 0.29) is 0 Å². The Morgan fingerprint density at radius 2 is 0.465 bits per heavy atom. The zero-order valence-corrected chi connectivity index (χ0v) is 81.9. The third-order valence-electron chi connectivity index (χ3n) is 26.7. The number of benzene rings is 20. The van der Waals surface area contributed by atoms with Crippen LogP contribution in [0.25, 0.3) is 216 Å². The van der Waals surface area contributed by atoms with Gasteiger partial charge >= 0.3 is 0 Å². The maximum absolute atomic E-state index is 5.29. The summed E-state index contributed by atoms with van der Waals surface area (Å²) in [5.74, 6) is 1.34. The number of hydrogen-bond donors (Lipinski definition) is 1. The lowest BCUT2D eigenvalue weighted by Gasteiger charge is -2.12. The molecule has 0 spiro atoms. The van der Waals surface area contributed by atoms with Gasteiger partial charge in [-0.1, -0.05) is 389 Å². The fourth-order valence-electron chi connectivity index (χ4n) is 20.0. The lowest BCUT2D eigenvalue weighted by Crippen LogP contribution is -2.03. The molecule has 8 heterocycles. The molecule has 1 saturated heterocycles. The van der Waals surface area contributed by atoms with Crippen LogP contribution < -0.4 is 0 Å². The van der Waals surface area contributed by atoms with E-state index >= 15 is 0 Å². The number of hydrogen-bond acceptors (Lipinski definition) is 7. The van der Waals surface area contributed by atoms with Crippen LogP contribution in [-0.2, 0) is 4.74 Å². The van der Waals surface area contributed by atoms with Crippen molar-refractivity contribution in [1.29, 1.82) is 0 Å². The minimum Gasteiger partial charge on any atom is -0.381 e. The molecular formula is C128H89Br2N9OS2. The van der Waals surface area contributed by atoms with E-state index in [0.717, 1.165) is 110 Å². The Kier molecular flexibility index (Phi) is 24.4. The maximum Gasteiger partial charge on any atom is 0.235 e. The van der Waals surface area contributed by atoms with Crippen molar-refractivity contribution in [3.8, 4) is 84.9 Å². The van der Waals surface area contributed by atoms with E-state index in [4.69, 9.17) is 24.7 Å². The lowest BCUT2D eigenvalue weighted by atomic mass is 10.1. The summed E-state index contributed by atoms with van der Waals surface area (Å²) >= 11 is 13.6. The smallest absolute Gasteiger partial charge is 0.235 e. The summed E-state index contributed by atoms with van der Waals surface area (Å²) in [4.78, 5) is 23.8. The highest BCUT2D eigenvalue weighted by molar-refractivity contribution is 9.10. The molecule has 7 aromatic heterocycles. The molecule has 28 rings (SSSR count). The molecule has 1 aliphatic heterocycles. The molecule has 0 radical (unpaired) electrons. The number of thiol groups is 1. The predicted molar refractivity (Wildman–Crippen MR) is 604 cm³/mol. The van der Waals surface area contributed by atoms with Crippen molar-refractivity contribution in [1.82, 2.24) is 42.8 Å². The molecule has 10 nitrogen and oxygen atoms in total. The minimum absolute atomic E-state index is 0.662. The van der Waals surface area contributed by atoms with Crippen LogP contribution in [0.4, 0.5) is 0 Å². The van der Waals surface area contributed by atoms with Gasteiger partial charge in [0.05, 0.1) is 77.6 Å². The average molecular weight is 1990 g/mol. The monoisotopic (exact) mass is 1990 g/mol. The molecule has 0 unspecified atom stereocenters. The van der Waals surface area contributed by atoms with Crippen LogP contribution in [-0.4, -0.2) is 56.0 Å². The Hall–Kier alpha value is -16.3. The van der Waals surface area contributed by atoms with Crippen molar-refractivity contribution in [2.75, 3.05) is 13.2 Å². The Balaban J connectivity index is 0.000000106. The first kappa shape index (κ1) is 88.4. The SMILES string of the molecule is Brc1ccc2c3ccccc3n(-c3ccc(-c4ccccc4)cc3)c2c1.Brc1ccc2c3ccccc3n(-c3nc(-c4ccccc4)c4ccccc4n3)c2c1.C1CCOC1.Sc1ccc2c3ccccc3n(-c3ccc(-c4ccccc4)cc3)c2c1.c1ccc(-c2ccc(-n3c4ccccc4c4ccc(Sc5ccc6c7ccccc7n(-c7nc(-c8ccccc8)c8ccccc8n7)c6c5)cc43)cc2)cc1. The van der Waals surface area contributed by atoms with Gasteiger partial charge in [-0.15, -0.1) is 12.6 Å². The van der Waals surface area contributed by atoms with Crippen LogP contribution in [0.2, 0.25) is 0 Å². The zero-order chi connectivity index (χ0) is 94.9. The number of para-hydroxylation sites is 7. The van der Waals surface area contributed by atoms with Crippen molar-refractivity contribution in [2.24, 2.45) is 0 Å². The van der Waals surface area contributed by atoms with Gasteiger partial charge in [0.2, 0.25) is 11.9 Å². The van der Waals surface area contributed by atoms with E-state index in [1.165, 1.54) is 144 Å². The van der Waals surface area contributed by atoms with Crippen LogP contribution in [0.1, 0.15) is 12.8 Å². The molecular weight excluding hydrogens is 1900 g/mol. The summed E-state index contributed by atoms with van der Waals surface area (Å²) in [6, 6.07) is 171. The number of nitrogens with zero attached hydrogens (tertiary/aromatic N) is 9. The number of halogens is 2. The summed E-state index contributed by atoms with van der Waals surface area (Å²) in [6.45, 7) is 2.00. The van der Waals surface area contributed by atoms with Crippen LogP contribution >= 0.6 is 56.3 Å². The Labute approximate surface area is 847 Å². The third-order valence-corrected chi connectivity index (χ3v) is 28.9. The first-order chi connectivity index (χ1) is 70.2. The van der Waals surface area contributed by atoms with E-state index in [2.05, 4.69) is 498 Å². The third kappa shape index (κ3) is 17.2. The molecule has 14 heteroatoms. The van der Waals surface area contributed by atoms with Gasteiger partial charge in [0.15, 0.2) is 0 Å². The Morgan fingerprint density at radius 3 is 0.803 bits per heavy atom. The van der Waals surface area contributed by atoms with E-state index in [0.29, 0.717) is 11.9 Å². The molecule has 0 amide bonds. The van der Waals surface area contributed by atoms with Crippen molar-refractivity contribution < 1.29 is 4.74 Å². The highest BCUT2D eigenvalue weighted by atomic mass is 79.9. The van der Waals surface area contributed by atoms with Gasteiger partial charge in [-0.2, -0.15) is 0 Å².